The van der Waals surface area contributed by atoms with Crippen molar-refractivity contribution in [1.29, 1.82) is 0 Å². The highest BCUT2D eigenvalue weighted by atomic mass is 16.5. The number of hydrogen-bond acceptors (Lipinski definition) is 4. The molecule has 4 saturated heterocycles. The number of benzene rings is 1. The van der Waals surface area contributed by atoms with E-state index in [4.69, 9.17) is 4.74 Å². The van der Waals surface area contributed by atoms with E-state index in [1.165, 1.54) is 0 Å². The number of fused-ring (bicyclic) bond motifs is 4. The molecule has 4 aliphatic rings. The molecule has 2 atom stereocenters. The Morgan fingerprint density at radius 1 is 1.00 bits per heavy atom. The first-order valence-electron chi connectivity index (χ1n) is 9.64. The van der Waals surface area contributed by atoms with Crippen LogP contribution < -0.4 is 0 Å². The predicted octanol–water partition coefficient (Wildman–Crippen LogP) is 1.08. The van der Waals surface area contributed by atoms with Crippen LogP contribution in [0.2, 0.25) is 0 Å². The van der Waals surface area contributed by atoms with E-state index in [0.29, 0.717) is 32.2 Å². The van der Waals surface area contributed by atoms with Crippen molar-refractivity contribution in [3.05, 3.63) is 35.9 Å². The predicted molar refractivity (Wildman–Crippen MR) is 97.8 cm³/mol. The first kappa shape index (κ1) is 17.5. The molecule has 0 spiro atoms. The fourth-order valence-electron chi connectivity index (χ4n) is 4.36. The Balaban J connectivity index is 1.43. The van der Waals surface area contributed by atoms with Gasteiger partial charge in [0.1, 0.15) is 0 Å². The molecule has 0 saturated carbocycles. The second-order valence-corrected chi connectivity index (χ2v) is 7.61. The van der Waals surface area contributed by atoms with Gasteiger partial charge in [-0.2, -0.15) is 0 Å². The number of nitrogens with zero attached hydrogens (tertiary/aromatic N) is 3. The van der Waals surface area contributed by atoms with Crippen LogP contribution in [-0.2, 0) is 9.53 Å². The van der Waals surface area contributed by atoms with E-state index in [1.54, 1.807) is 0 Å². The molecule has 2 bridgehead atoms. The number of ether oxygens (including phenoxy) is 1. The van der Waals surface area contributed by atoms with Crippen molar-refractivity contribution in [3.8, 4) is 0 Å². The third-order valence-corrected chi connectivity index (χ3v) is 5.80. The van der Waals surface area contributed by atoms with Crippen molar-refractivity contribution in [2.24, 2.45) is 5.92 Å². The van der Waals surface area contributed by atoms with E-state index in [1.807, 2.05) is 40.1 Å². The van der Waals surface area contributed by atoms with Gasteiger partial charge in [-0.25, -0.2) is 0 Å². The summed E-state index contributed by atoms with van der Waals surface area (Å²) in [7, 11) is 0. The third-order valence-electron chi connectivity index (χ3n) is 5.80. The van der Waals surface area contributed by atoms with Crippen LogP contribution >= 0.6 is 0 Å². The number of carbonyl (C=O) groups is 2. The fourth-order valence-corrected chi connectivity index (χ4v) is 4.36. The molecule has 1 aromatic carbocycles. The van der Waals surface area contributed by atoms with Gasteiger partial charge in [0.25, 0.3) is 5.91 Å². The minimum Gasteiger partial charge on any atom is -0.379 e. The summed E-state index contributed by atoms with van der Waals surface area (Å²) >= 11 is 0. The molecule has 4 heterocycles. The van der Waals surface area contributed by atoms with E-state index in [0.717, 1.165) is 44.6 Å². The number of amides is 2. The SMILES string of the molecule is O=C(c1ccccc1)N1C[C@H]2CC[C@@H](C1)N(C(=O)CN1CCOCC1)C2. The molecule has 1 aromatic rings. The molecule has 0 aromatic heterocycles. The molecule has 0 unspecified atom stereocenters. The van der Waals surface area contributed by atoms with Crippen LogP contribution in [0, 0.1) is 5.92 Å². The van der Waals surface area contributed by atoms with Gasteiger partial charge in [-0.05, 0) is 30.9 Å². The summed E-state index contributed by atoms with van der Waals surface area (Å²) in [5, 5.41) is 0. The maximum absolute atomic E-state index is 12.9. The summed E-state index contributed by atoms with van der Waals surface area (Å²) in [6.07, 6.45) is 2.10. The molecule has 2 amide bonds. The average Bonchev–Trinajstić information content (AvgIpc) is 3.01. The number of rotatable bonds is 3. The van der Waals surface area contributed by atoms with Crippen molar-refractivity contribution < 1.29 is 14.3 Å². The zero-order valence-corrected chi connectivity index (χ0v) is 15.2. The summed E-state index contributed by atoms with van der Waals surface area (Å²) in [5.41, 5.74) is 0.736. The van der Waals surface area contributed by atoms with Crippen LogP contribution in [0.3, 0.4) is 0 Å². The lowest BCUT2D eigenvalue weighted by atomic mass is 9.95. The number of carbonyl (C=O) groups excluding carboxylic acids is 2. The first-order chi connectivity index (χ1) is 12.7. The smallest absolute Gasteiger partial charge is 0.253 e. The van der Waals surface area contributed by atoms with Gasteiger partial charge in [0.2, 0.25) is 5.91 Å². The highest BCUT2D eigenvalue weighted by Gasteiger charge is 2.39. The monoisotopic (exact) mass is 357 g/mol. The van der Waals surface area contributed by atoms with E-state index < -0.39 is 0 Å². The molecule has 140 valence electrons. The maximum Gasteiger partial charge on any atom is 0.253 e. The maximum atomic E-state index is 12.9. The molecule has 0 aliphatic carbocycles. The van der Waals surface area contributed by atoms with Gasteiger partial charge in [0.05, 0.1) is 19.8 Å². The zero-order valence-electron chi connectivity index (χ0n) is 15.2. The lowest BCUT2D eigenvalue weighted by molar-refractivity contribution is -0.137. The second kappa shape index (κ2) is 7.76. The molecule has 26 heavy (non-hydrogen) atoms. The Labute approximate surface area is 154 Å². The fraction of sp³-hybridized carbons (Fsp3) is 0.600. The van der Waals surface area contributed by atoms with Gasteiger partial charge in [-0.15, -0.1) is 0 Å². The first-order valence-corrected chi connectivity index (χ1v) is 9.64. The second-order valence-electron chi connectivity index (χ2n) is 7.61. The molecule has 4 aliphatic heterocycles. The third kappa shape index (κ3) is 3.76. The molecule has 0 radical (unpaired) electrons. The molecule has 4 fully saturated rings. The van der Waals surface area contributed by atoms with Crippen molar-refractivity contribution in [1.82, 2.24) is 14.7 Å². The van der Waals surface area contributed by atoms with Gasteiger partial charge in [-0.1, -0.05) is 18.2 Å². The Bertz CT molecular complexity index is 645. The quantitative estimate of drug-likeness (QED) is 0.812. The largest absolute Gasteiger partial charge is 0.379 e. The highest BCUT2D eigenvalue weighted by molar-refractivity contribution is 5.94. The van der Waals surface area contributed by atoms with E-state index in [-0.39, 0.29) is 17.9 Å². The van der Waals surface area contributed by atoms with E-state index >= 15 is 0 Å². The highest BCUT2D eigenvalue weighted by Crippen LogP contribution is 2.29. The van der Waals surface area contributed by atoms with Gasteiger partial charge in [0.15, 0.2) is 0 Å². The van der Waals surface area contributed by atoms with Gasteiger partial charge >= 0.3 is 0 Å². The van der Waals surface area contributed by atoms with Crippen molar-refractivity contribution >= 4 is 11.8 Å². The summed E-state index contributed by atoms with van der Waals surface area (Å²) < 4.78 is 5.37. The van der Waals surface area contributed by atoms with E-state index in [2.05, 4.69) is 4.90 Å². The van der Waals surface area contributed by atoms with Crippen LogP contribution in [-0.4, -0.2) is 85.0 Å². The molecule has 6 nitrogen and oxygen atoms in total. The summed E-state index contributed by atoms with van der Waals surface area (Å²) in [4.78, 5) is 31.9. The Hall–Kier alpha value is -1.92. The van der Waals surface area contributed by atoms with E-state index in [9.17, 15) is 9.59 Å². The minimum absolute atomic E-state index is 0.0879. The topological polar surface area (TPSA) is 53.1 Å². The van der Waals surface area contributed by atoms with Crippen LogP contribution in [0.25, 0.3) is 0 Å². The number of piperidine rings is 1. The van der Waals surface area contributed by atoms with Crippen LogP contribution in [0.15, 0.2) is 30.3 Å². The van der Waals surface area contributed by atoms with Gasteiger partial charge in [-0.3, -0.25) is 14.5 Å². The Morgan fingerprint density at radius 2 is 1.77 bits per heavy atom. The molecular formula is C20H27N3O3. The molecule has 5 rings (SSSR count). The summed E-state index contributed by atoms with van der Waals surface area (Å²) in [6.45, 7) is 5.73. The van der Waals surface area contributed by atoms with Crippen LogP contribution in [0.1, 0.15) is 23.2 Å². The minimum atomic E-state index is 0.0879. The standard InChI is InChI=1S/C20H27N3O3/c24-19(15-21-8-10-26-11-9-21)23-13-16-6-7-18(23)14-22(12-16)20(25)17-4-2-1-3-5-17/h1-5,16,18H,6-15H2/t16-,18+/m1/s1. The summed E-state index contributed by atoms with van der Waals surface area (Å²) in [5.74, 6) is 0.677. The van der Waals surface area contributed by atoms with Crippen molar-refractivity contribution in [2.75, 3.05) is 52.5 Å². The Morgan fingerprint density at radius 3 is 2.54 bits per heavy atom. The van der Waals surface area contributed by atoms with Crippen LogP contribution in [0.4, 0.5) is 0 Å². The van der Waals surface area contributed by atoms with Crippen molar-refractivity contribution in [3.63, 3.8) is 0 Å². The summed E-state index contributed by atoms with van der Waals surface area (Å²) in [6, 6.07) is 9.62. The van der Waals surface area contributed by atoms with Crippen LogP contribution in [0.5, 0.6) is 0 Å². The van der Waals surface area contributed by atoms with Gasteiger partial charge in [0, 0.05) is 44.3 Å². The Kier molecular flexibility index (Phi) is 5.22. The lowest BCUT2D eigenvalue weighted by Gasteiger charge is -2.37. The molecular weight excluding hydrogens is 330 g/mol. The number of hydrogen-bond donors (Lipinski definition) is 0. The number of morpholine rings is 1. The normalized spacial score (nSPS) is 26.6. The van der Waals surface area contributed by atoms with Crippen molar-refractivity contribution in [2.45, 2.75) is 18.9 Å². The lowest BCUT2D eigenvalue weighted by Crippen LogP contribution is -2.52. The molecule has 0 N–H and O–H groups in total. The zero-order chi connectivity index (χ0) is 17.9. The average molecular weight is 357 g/mol. The van der Waals surface area contributed by atoms with Gasteiger partial charge < -0.3 is 14.5 Å². The molecule has 6 heteroatoms.